The number of benzene rings is 1. The Labute approximate surface area is 142 Å². The summed E-state index contributed by atoms with van der Waals surface area (Å²) in [7, 11) is 0. The molecule has 0 aliphatic rings. The Hall–Kier alpha value is -2.24. The van der Waals surface area contributed by atoms with E-state index in [1.54, 1.807) is 24.5 Å². The molecule has 4 nitrogen and oxygen atoms in total. The molecular formula is C17H13ClN2O2S. The van der Waals surface area contributed by atoms with E-state index in [4.69, 9.17) is 16.3 Å². The average molecular weight is 345 g/mol. The lowest BCUT2D eigenvalue weighted by atomic mass is 10.2. The number of thiazole rings is 1. The van der Waals surface area contributed by atoms with E-state index in [0.29, 0.717) is 10.7 Å². The quantitative estimate of drug-likeness (QED) is 0.652. The lowest BCUT2D eigenvalue weighted by Crippen LogP contribution is -2.08. The molecule has 1 aromatic carbocycles. The van der Waals surface area contributed by atoms with Gasteiger partial charge in [-0.05, 0) is 29.8 Å². The van der Waals surface area contributed by atoms with Crippen LogP contribution in [-0.4, -0.2) is 15.9 Å². The highest BCUT2D eigenvalue weighted by Crippen LogP contribution is 2.23. The standard InChI is InChI=1S/C17H13ClN2O2S/c18-14-5-3-12(4-6-14)10-22-16(21)8-15-11-23-17(20-15)13-2-1-7-19-9-13/h1-7,9,11H,8,10H2. The van der Waals surface area contributed by atoms with Gasteiger partial charge in [0.1, 0.15) is 11.6 Å². The maximum Gasteiger partial charge on any atom is 0.312 e. The predicted octanol–water partition coefficient (Wildman–Crippen LogP) is 4.14. The van der Waals surface area contributed by atoms with E-state index in [2.05, 4.69) is 9.97 Å². The Balaban J connectivity index is 1.56. The summed E-state index contributed by atoms with van der Waals surface area (Å²) in [6.45, 7) is 0.232. The first-order valence-electron chi connectivity index (χ1n) is 6.95. The molecule has 3 aromatic rings. The fraction of sp³-hybridized carbons (Fsp3) is 0.118. The molecule has 2 aromatic heterocycles. The van der Waals surface area contributed by atoms with Crippen molar-refractivity contribution in [2.75, 3.05) is 0 Å². The van der Waals surface area contributed by atoms with Crippen LogP contribution in [0.1, 0.15) is 11.3 Å². The molecule has 0 spiro atoms. The van der Waals surface area contributed by atoms with Crippen LogP contribution < -0.4 is 0 Å². The number of hydrogen-bond donors (Lipinski definition) is 0. The summed E-state index contributed by atoms with van der Waals surface area (Å²) >= 11 is 7.30. The normalized spacial score (nSPS) is 10.5. The lowest BCUT2D eigenvalue weighted by Gasteiger charge is -2.04. The highest BCUT2D eigenvalue weighted by molar-refractivity contribution is 7.13. The zero-order chi connectivity index (χ0) is 16.1. The van der Waals surface area contributed by atoms with Crippen LogP contribution in [0.2, 0.25) is 5.02 Å². The first-order chi connectivity index (χ1) is 11.2. The molecular weight excluding hydrogens is 332 g/mol. The van der Waals surface area contributed by atoms with Gasteiger partial charge in [-0.25, -0.2) is 4.98 Å². The molecule has 0 saturated carbocycles. The van der Waals surface area contributed by atoms with Gasteiger partial charge in [0, 0.05) is 28.4 Å². The minimum absolute atomic E-state index is 0.157. The summed E-state index contributed by atoms with van der Waals surface area (Å²) in [5.41, 5.74) is 2.55. The summed E-state index contributed by atoms with van der Waals surface area (Å²) in [6.07, 6.45) is 3.62. The monoisotopic (exact) mass is 344 g/mol. The maximum atomic E-state index is 11.9. The molecule has 0 amide bonds. The number of carbonyl (C=O) groups is 1. The van der Waals surface area contributed by atoms with Crippen LogP contribution in [-0.2, 0) is 22.6 Å². The third kappa shape index (κ3) is 4.37. The lowest BCUT2D eigenvalue weighted by molar-refractivity contribution is -0.144. The van der Waals surface area contributed by atoms with Gasteiger partial charge in [-0.1, -0.05) is 23.7 Å². The van der Waals surface area contributed by atoms with Gasteiger partial charge >= 0.3 is 5.97 Å². The van der Waals surface area contributed by atoms with E-state index in [9.17, 15) is 4.79 Å². The third-order valence-electron chi connectivity index (χ3n) is 3.10. The molecule has 0 bridgehead atoms. The van der Waals surface area contributed by atoms with Crippen molar-refractivity contribution in [3.05, 3.63) is 70.5 Å². The minimum atomic E-state index is -0.303. The van der Waals surface area contributed by atoms with Crippen LogP contribution in [0.25, 0.3) is 10.6 Å². The number of rotatable bonds is 5. The molecule has 0 N–H and O–H groups in total. The first-order valence-corrected chi connectivity index (χ1v) is 8.21. The molecule has 3 rings (SSSR count). The van der Waals surface area contributed by atoms with Crippen molar-refractivity contribution < 1.29 is 9.53 Å². The highest BCUT2D eigenvalue weighted by Gasteiger charge is 2.10. The summed E-state index contributed by atoms with van der Waals surface area (Å²) in [4.78, 5) is 20.4. The van der Waals surface area contributed by atoms with Crippen molar-refractivity contribution in [2.24, 2.45) is 0 Å². The van der Waals surface area contributed by atoms with Crippen LogP contribution in [0.3, 0.4) is 0 Å². The Morgan fingerprint density at radius 1 is 1.22 bits per heavy atom. The van der Waals surface area contributed by atoms with E-state index >= 15 is 0 Å². The van der Waals surface area contributed by atoms with Crippen molar-refractivity contribution in [2.45, 2.75) is 13.0 Å². The zero-order valence-electron chi connectivity index (χ0n) is 12.1. The van der Waals surface area contributed by atoms with Gasteiger partial charge in [-0.2, -0.15) is 0 Å². The van der Waals surface area contributed by atoms with Gasteiger partial charge in [0.25, 0.3) is 0 Å². The predicted molar refractivity (Wildman–Crippen MR) is 90.3 cm³/mol. The molecule has 116 valence electrons. The van der Waals surface area contributed by atoms with Gasteiger partial charge in [0.15, 0.2) is 0 Å². The third-order valence-corrected chi connectivity index (χ3v) is 4.29. The molecule has 0 saturated heterocycles. The van der Waals surface area contributed by atoms with Crippen LogP contribution in [0, 0.1) is 0 Å². The number of esters is 1. The first kappa shape index (κ1) is 15.6. The summed E-state index contributed by atoms with van der Waals surface area (Å²) < 4.78 is 5.26. The number of aromatic nitrogens is 2. The molecule has 0 aliphatic carbocycles. The second kappa shape index (κ2) is 7.35. The van der Waals surface area contributed by atoms with Crippen LogP contribution in [0.15, 0.2) is 54.2 Å². The molecule has 0 aliphatic heterocycles. The molecule has 0 atom stereocenters. The summed E-state index contributed by atoms with van der Waals surface area (Å²) in [5, 5.41) is 3.37. The second-order valence-electron chi connectivity index (χ2n) is 4.85. The van der Waals surface area contributed by atoms with E-state index < -0.39 is 0 Å². The fourth-order valence-electron chi connectivity index (χ4n) is 1.95. The molecule has 2 heterocycles. The maximum absolute atomic E-state index is 11.9. The summed E-state index contributed by atoms with van der Waals surface area (Å²) in [5.74, 6) is -0.303. The van der Waals surface area contributed by atoms with Crippen molar-refractivity contribution in [3.63, 3.8) is 0 Å². The van der Waals surface area contributed by atoms with Crippen molar-refractivity contribution >= 4 is 28.9 Å². The highest BCUT2D eigenvalue weighted by atomic mass is 35.5. The van der Waals surface area contributed by atoms with Crippen molar-refractivity contribution in [1.82, 2.24) is 9.97 Å². The van der Waals surface area contributed by atoms with Crippen LogP contribution >= 0.6 is 22.9 Å². The largest absolute Gasteiger partial charge is 0.461 e. The average Bonchev–Trinajstić information content (AvgIpc) is 3.04. The molecule has 0 fully saturated rings. The minimum Gasteiger partial charge on any atom is -0.461 e. The van der Waals surface area contributed by atoms with Crippen molar-refractivity contribution in [1.29, 1.82) is 0 Å². The molecule has 0 unspecified atom stereocenters. The number of pyridine rings is 1. The smallest absolute Gasteiger partial charge is 0.312 e. The Morgan fingerprint density at radius 3 is 2.78 bits per heavy atom. The molecule has 0 radical (unpaired) electrons. The van der Waals surface area contributed by atoms with E-state index in [0.717, 1.165) is 16.1 Å². The summed E-state index contributed by atoms with van der Waals surface area (Å²) in [6, 6.07) is 11.0. The Kier molecular flexibility index (Phi) is 5.00. The van der Waals surface area contributed by atoms with E-state index in [1.165, 1.54) is 11.3 Å². The Morgan fingerprint density at radius 2 is 2.04 bits per heavy atom. The SMILES string of the molecule is O=C(Cc1csc(-c2cccnc2)n1)OCc1ccc(Cl)cc1. The van der Waals surface area contributed by atoms with Gasteiger partial charge < -0.3 is 4.74 Å². The van der Waals surface area contributed by atoms with E-state index in [1.807, 2.05) is 29.6 Å². The number of carbonyl (C=O) groups excluding carboxylic acids is 1. The number of halogens is 1. The molecule has 23 heavy (non-hydrogen) atoms. The fourth-order valence-corrected chi connectivity index (χ4v) is 2.89. The van der Waals surface area contributed by atoms with Gasteiger partial charge in [-0.15, -0.1) is 11.3 Å². The topological polar surface area (TPSA) is 52.1 Å². The van der Waals surface area contributed by atoms with Crippen molar-refractivity contribution in [3.8, 4) is 10.6 Å². The number of ether oxygens (including phenoxy) is 1. The second-order valence-corrected chi connectivity index (χ2v) is 6.14. The number of nitrogens with zero attached hydrogens (tertiary/aromatic N) is 2. The Bertz CT molecular complexity index is 788. The van der Waals surface area contributed by atoms with E-state index in [-0.39, 0.29) is 19.0 Å². The zero-order valence-corrected chi connectivity index (χ0v) is 13.7. The molecule has 6 heteroatoms. The number of hydrogen-bond acceptors (Lipinski definition) is 5. The van der Waals surface area contributed by atoms with Crippen LogP contribution in [0.5, 0.6) is 0 Å². The van der Waals surface area contributed by atoms with Gasteiger partial charge in [0.05, 0.1) is 12.1 Å². The van der Waals surface area contributed by atoms with Gasteiger partial charge in [0.2, 0.25) is 0 Å². The van der Waals surface area contributed by atoms with Gasteiger partial charge in [-0.3, -0.25) is 9.78 Å². The van der Waals surface area contributed by atoms with Crippen LogP contribution in [0.4, 0.5) is 0 Å².